The molecule has 0 aromatic heterocycles. The summed E-state index contributed by atoms with van der Waals surface area (Å²) in [7, 11) is 4.44. The molecule has 4 nitrogen and oxygen atoms in total. The molecule has 2 aliphatic heterocycles. The van der Waals surface area contributed by atoms with E-state index in [2.05, 4.69) is 240 Å². The van der Waals surface area contributed by atoms with Crippen LogP contribution in [0.4, 0.5) is 56.9 Å². The van der Waals surface area contributed by atoms with Crippen LogP contribution in [0.5, 0.6) is 0 Å². The fourth-order valence-corrected chi connectivity index (χ4v) is 9.87. The van der Waals surface area contributed by atoms with E-state index in [0.717, 1.165) is 34.1 Å². The molecule has 60 heavy (non-hydrogen) atoms. The fourth-order valence-electron chi connectivity index (χ4n) is 9.87. The van der Waals surface area contributed by atoms with Crippen LogP contribution in [0.2, 0.25) is 0 Å². The zero-order valence-corrected chi connectivity index (χ0v) is 33.4. The van der Waals surface area contributed by atoms with Gasteiger partial charge in [0.15, 0.2) is 0 Å². The molecule has 284 valence electrons. The summed E-state index contributed by atoms with van der Waals surface area (Å²) in [6, 6.07) is 75.2. The molecule has 10 aromatic rings. The maximum Gasteiger partial charge on any atom is 0.0540 e. The van der Waals surface area contributed by atoms with E-state index in [9.17, 15) is 0 Å². The smallest absolute Gasteiger partial charge is 0.0540 e. The van der Waals surface area contributed by atoms with Crippen molar-refractivity contribution in [2.24, 2.45) is 0 Å². The summed E-state index contributed by atoms with van der Waals surface area (Å²) in [5, 5.41) is 7.48. The number of benzene rings is 10. The molecule has 0 aliphatic carbocycles. The molecular formula is C56H40N4. The highest BCUT2D eigenvalue weighted by atomic mass is 15.2. The Balaban J connectivity index is 0.999. The van der Waals surface area contributed by atoms with Crippen LogP contribution in [-0.4, -0.2) is 14.1 Å². The Hall–Kier alpha value is -7.82. The van der Waals surface area contributed by atoms with Gasteiger partial charge in [-0.3, -0.25) is 0 Å². The molecule has 2 heterocycles. The largest absolute Gasteiger partial charge is 0.344 e. The summed E-state index contributed by atoms with van der Waals surface area (Å²) in [5.41, 5.74) is 16.6. The lowest BCUT2D eigenvalue weighted by atomic mass is 9.84. The Bertz CT molecular complexity index is 3090. The average molecular weight is 769 g/mol. The molecule has 0 saturated heterocycles. The summed E-state index contributed by atoms with van der Waals surface area (Å²) in [4.78, 5) is 9.57. The molecule has 12 rings (SSSR count). The maximum absolute atomic E-state index is 2.39. The van der Waals surface area contributed by atoms with E-state index in [1.165, 1.54) is 77.3 Å². The van der Waals surface area contributed by atoms with E-state index in [1.54, 1.807) is 0 Å². The van der Waals surface area contributed by atoms with Crippen molar-refractivity contribution in [2.75, 3.05) is 33.7 Å². The molecule has 0 radical (unpaired) electrons. The highest BCUT2D eigenvalue weighted by Crippen LogP contribution is 2.57. The van der Waals surface area contributed by atoms with E-state index < -0.39 is 0 Å². The van der Waals surface area contributed by atoms with Crippen molar-refractivity contribution in [3.8, 4) is 22.3 Å². The second-order valence-corrected chi connectivity index (χ2v) is 15.9. The van der Waals surface area contributed by atoms with Gasteiger partial charge in [0, 0.05) is 80.9 Å². The minimum absolute atomic E-state index is 1.12. The van der Waals surface area contributed by atoms with Gasteiger partial charge in [-0.15, -0.1) is 0 Å². The Morgan fingerprint density at radius 3 is 1.13 bits per heavy atom. The van der Waals surface area contributed by atoms with Gasteiger partial charge in [-0.1, -0.05) is 133 Å². The third kappa shape index (κ3) is 5.11. The van der Waals surface area contributed by atoms with Gasteiger partial charge < -0.3 is 19.6 Å². The number of anilines is 10. The van der Waals surface area contributed by atoms with Crippen molar-refractivity contribution in [3.05, 3.63) is 206 Å². The summed E-state index contributed by atoms with van der Waals surface area (Å²) >= 11 is 0. The third-order valence-corrected chi connectivity index (χ3v) is 12.7. The lowest BCUT2D eigenvalue weighted by Crippen LogP contribution is -2.20. The van der Waals surface area contributed by atoms with Crippen LogP contribution >= 0.6 is 0 Å². The van der Waals surface area contributed by atoms with Crippen LogP contribution in [0.15, 0.2) is 206 Å². The molecule has 0 N–H and O–H groups in total. The number of fused-ring (bicyclic) bond motifs is 6. The van der Waals surface area contributed by atoms with Crippen LogP contribution in [-0.2, 0) is 0 Å². The lowest BCUT2D eigenvalue weighted by Gasteiger charge is -2.37. The van der Waals surface area contributed by atoms with Crippen LogP contribution in [0.25, 0.3) is 54.6 Å². The van der Waals surface area contributed by atoms with Gasteiger partial charge in [-0.05, 0) is 94.7 Å². The van der Waals surface area contributed by atoms with Crippen LogP contribution in [0.1, 0.15) is 0 Å². The molecule has 0 fully saturated rings. The van der Waals surface area contributed by atoms with Gasteiger partial charge >= 0.3 is 0 Å². The van der Waals surface area contributed by atoms with E-state index >= 15 is 0 Å². The minimum atomic E-state index is 1.12. The monoisotopic (exact) mass is 768 g/mol. The summed E-state index contributed by atoms with van der Waals surface area (Å²) < 4.78 is 0. The molecule has 0 atom stereocenters. The highest BCUT2D eigenvalue weighted by Gasteiger charge is 2.31. The van der Waals surface area contributed by atoms with Crippen molar-refractivity contribution in [1.82, 2.24) is 0 Å². The van der Waals surface area contributed by atoms with Gasteiger partial charge in [0.05, 0.1) is 22.7 Å². The number of rotatable bonds is 6. The second kappa shape index (κ2) is 13.4. The maximum atomic E-state index is 2.39. The zero-order chi connectivity index (χ0) is 39.9. The van der Waals surface area contributed by atoms with Gasteiger partial charge in [0.25, 0.3) is 0 Å². The Kier molecular flexibility index (Phi) is 7.63. The Labute approximate surface area is 350 Å². The van der Waals surface area contributed by atoms with Crippen molar-refractivity contribution >= 4 is 89.2 Å². The van der Waals surface area contributed by atoms with Crippen LogP contribution in [0, 0.1) is 0 Å². The zero-order valence-electron chi connectivity index (χ0n) is 33.4. The first-order valence-electron chi connectivity index (χ1n) is 20.6. The normalized spacial score (nSPS) is 12.4. The van der Waals surface area contributed by atoms with E-state index in [0.29, 0.717) is 0 Å². The van der Waals surface area contributed by atoms with Gasteiger partial charge in [0.1, 0.15) is 0 Å². The van der Waals surface area contributed by atoms with Gasteiger partial charge in [-0.25, -0.2) is 0 Å². The molecule has 0 spiro atoms. The number of nitrogens with zero attached hydrogens (tertiary/aromatic N) is 4. The van der Waals surface area contributed by atoms with Gasteiger partial charge in [0.2, 0.25) is 0 Å². The van der Waals surface area contributed by atoms with Crippen LogP contribution in [0.3, 0.4) is 0 Å². The molecule has 10 aromatic carbocycles. The first kappa shape index (κ1) is 34.2. The lowest BCUT2D eigenvalue weighted by molar-refractivity contribution is 1.18. The number of hydrogen-bond donors (Lipinski definition) is 0. The predicted octanol–water partition coefficient (Wildman–Crippen LogP) is 15.6. The molecule has 0 bridgehead atoms. The molecule has 4 heteroatoms. The molecule has 0 unspecified atom stereocenters. The number of para-hydroxylation sites is 2. The first-order chi connectivity index (χ1) is 29.6. The topological polar surface area (TPSA) is 13.0 Å². The van der Waals surface area contributed by atoms with Crippen molar-refractivity contribution < 1.29 is 0 Å². The summed E-state index contributed by atoms with van der Waals surface area (Å²) in [6.45, 7) is 0. The van der Waals surface area contributed by atoms with E-state index in [4.69, 9.17) is 0 Å². The van der Waals surface area contributed by atoms with E-state index in [1.807, 2.05) is 0 Å². The first-order valence-corrected chi connectivity index (χ1v) is 20.6. The van der Waals surface area contributed by atoms with Crippen molar-refractivity contribution in [1.29, 1.82) is 0 Å². The van der Waals surface area contributed by atoms with Gasteiger partial charge in [-0.2, -0.15) is 0 Å². The quantitative estimate of drug-likeness (QED) is 0.167. The fraction of sp³-hybridized carbons (Fsp3) is 0.0357. The van der Waals surface area contributed by atoms with E-state index in [-0.39, 0.29) is 0 Å². The number of hydrogen-bond acceptors (Lipinski definition) is 4. The second-order valence-electron chi connectivity index (χ2n) is 15.9. The average Bonchev–Trinajstić information content (AvgIpc) is 3.31. The minimum Gasteiger partial charge on any atom is -0.344 e. The van der Waals surface area contributed by atoms with Crippen molar-refractivity contribution in [3.63, 3.8) is 0 Å². The third-order valence-electron chi connectivity index (χ3n) is 12.7. The molecule has 0 saturated carbocycles. The van der Waals surface area contributed by atoms with Crippen LogP contribution < -0.4 is 19.6 Å². The standard InChI is InChI=1S/C56H40N4/c1-57-51-33-34-52-56-48(46-30-28-42(36-54(46)58(52)2)60(40-21-7-4-8-22-40)50-26-14-18-38-16-10-12-24-44(38)50)32-31-47(55(51)56)45-29-27-41(35-53(45)57)59(39-19-5-3-6-20-39)49-25-13-17-37-15-9-11-23-43(37)49/h3-36H,1-2H3. The highest BCUT2D eigenvalue weighted by molar-refractivity contribution is 6.23. The SMILES string of the molecule is CN1c2cc(N(c3ccccc3)c3cccc4ccccc34)ccc2-c2ccc3c4c(ccc1c24)N(C)c1cc(N(c2ccccc2)c2cccc4ccccc24)ccc1-3. The Morgan fingerprint density at radius 1 is 0.300 bits per heavy atom. The molecule has 0 amide bonds. The molecule has 2 aliphatic rings. The summed E-state index contributed by atoms with van der Waals surface area (Å²) in [5.74, 6) is 0. The molecular weight excluding hydrogens is 729 g/mol. The summed E-state index contributed by atoms with van der Waals surface area (Å²) in [6.07, 6.45) is 0. The Morgan fingerprint density at radius 2 is 0.683 bits per heavy atom. The predicted molar refractivity (Wildman–Crippen MR) is 255 cm³/mol. The van der Waals surface area contributed by atoms with Crippen molar-refractivity contribution in [2.45, 2.75) is 0 Å².